The molecule has 0 bridgehead atoms. The molecular weight excluding hydrogens is 606 g/mol. The normalized spacial score (nSPS) is 18.7. The van der Waals surface area contributed by atoms with Gasteiger partial charge in [-0.2, -0.15) is 4.02 Å². The lowest BCUT2D eigenvalue weighted by Crippen LogP contribution is -2.33. The van der Waals surface area contributed by atoms with E-state index in [0.29, 0.717) is 17.2 Å². The quantitative estimate of drug-likeness (QED) is 0.277. The van der Waals surface area contributed by atoms with Crippen LogP contribution in [-0.2, 0) is 22.0 Å². The molecule has 0 radical (unpaired) electrons. The van der Waals surface area contributed by atoms with Crippen molar-refractivity contribution in [2.24, 2.45) is 15.9 Å². The number of phenolic OH excluding ortho intramolecular Hbond substituents is 1. The maximum Gasteiger partial charge on any atom is 0.412 e. The van der Waals surface area contributed by atoms with E-state index < -0.39 is 11.7 Å². The summed E-state index contributed by atoms with van der Waals surface area (Å²) in [5, 5.41) is 13.9. The van der Waals surface area contributed by atoms with Gasteiger partial charge in [0.05, 0.1) is 22.7 Å². The Kier molecular flexibility index (Phi) is 10.8. The number of ketones is 1. The molecule has 2 aromatic carbocycles. The molecule has 0 aliphatic carbocycles. The summed E-state index contributed by atoms with van der Waals surface area (Å²) in [6.07, 6.45) is 2.36. The third-order valence-corrected chi connectivity index (χ3v) is 8.23. The first kappa shape index (κ1) is 34.6. The molecule has 1 fully saturated rings. The van der Waals surface area contributed by atoms with Crippen molar-refractivity contribution in [2.45, 2.75) is 105 Å². The van der Waals surface area contributed by atoms with Crippen LogP contribution in [0.25, 0.3) is 0 Å². The summed E-state index contributed by atoms with van der Waals surface area (Å²) in [6, 6.07) is 11.5. The number of likely N-dealkylation sites (tertiary alicyclic amines) is 1. The van der Waals surface area contributed by atoms with Crippen LogP contribution in [0.1, 0.15) is 109 Å². The summed E-state index contributed by atoms with van der Waals surface area (Å²) in [6.45, 7) is 21.0. The molecule has 3 rings (SSSR count). The van der Waals surface area contributed by atoms with Gasteiger partial charge in [-0.25, -0.2) is 4.79 Å². The Hall–Kier alpha value is -2.87. The topological polar surface area (TPSA) is 91.2 Å². The van der Waals surface area contributed by atoms with Crippen LogP contribution in [-0.4, -0.2) is 46.4 Å². The fraction of sp³-hybridized carbons (Fsp3) is 0.571. The monoisotopic (exact) mass is 655 g/mol. The van der Waals surface area contributed by atoms with Crippen LogP contribution in [0.15, 0.2) is 40.4 Å². The van der Waals surface area contributed by atoms with Gasteiger partial charge in [-0.15, -0.1) is 0 Å². The van der Waals surface area contributed by atoms with Crippen LogP contribution >= 0.6 is 16.1 Å². The number of nitrogens with one attached hydrogen (secondary N) is 1. The third-order valence-electron chi connectivity index (χ3n) is 7.86. The molecule has 0 aromatic heterocycles. The van der Waals surface area contributed by atoms with E-state index in [-0.39, 0.29) is 34.8 Å². The summed E-state index contributed by atoms with van der Waals surface area (Å²) in [5.41, 5.74) is 2.80. The lowest BCUT2D eigenvalue weighted by Gasteiger charge is -2.28. The van der Waals surface area contributed by atoms with Crippen LogP contribution in [0, 0.1) is 11.8 Å². The molecule has 1 heterocycles. The second-order valence-corrected chi connectivity index (χ2v) is 15.2. The van der Waals surface area contributed by atoms with Crippen LogP contribution in [0.3, 0.4) is 0 Å². The highest BCUT2D eigenvalue weighted by molar-refractivity contribution is 9.08. The standard InChI is InChI=1S/C35H50BrN3O4/c1-11-12-23-20-39(21-29(40)24-18-27(33(2,3)4)30(41)28(19-24)34(5,6)7)31(38-36)26(23)17-22-13-15-25(16-14-22)37-32(42)43-35(8,9)10/h13-16,18-19,23,26,41H,11-12,17,20-21H2,1-10H3,(H,37,42)/b38-31-/t23-,26+/m0/s1. The highest BCUT2D eigenvalue weighted by Gasteiger charge is 2.39. The number of anilines is 1. The third kappa shape index (κ3) is 9.07. The highest BCUT2D eigenvalue weighted by atomic mass is 79.9. The van der Waals surface area contributed by atoms with E-state index >= 15 is 0 Å². The van der Waals surface area contributed by atoms with Gasteiger partial charge in [-0.3, -0.25) is 10.1 Å². The molecule has 0 spiro atoms. The Labute approximate surface area is 266 Å². The average molecular weight is 657 g/mol. The highest BCUT2D eigenvalue weighted by Crippen LogP contribution is 2.40. The number of phenols is 1. The number of benzene rings is 2. The molecule has 2 N–H and O–H groups in total. The number of aromatic hydroxyl groups is 1. The Morgan fingerprint density at radius 1 is 1.00 bits per heavy atom. The summed E-state index contributed by atoms with van der Waals surface area (Å²) < 4.78 is 9.89. The molecule has 236 valence electrons. The first-order chi connectivity index (χ1) is 19.8. The van der Waals surface area contributed by atoms with Crippen molar-refractivity contribution in [1.82, 2.24) is 4.90 Å². The van der Waals surface area contributed by atoms with Gasteiger partial charge in [0.25, 0.3) is 0 Å². The fourth-order valence-electron chi connectivity index (χ4n) is 5.74. The van der Waals surface area contributed by atoms with E-state index in [0.717, 1.165) is 48.3 Å². The maximum absolute atomic E-state index is 13.8. The molecule has 2 aromatic rings. The van der Waals surface area contributed by atoms with Crippen LogP contribution < -0.4 is 5.32 Å². The minimum absolute atomic E-state index is 0.0121. The number of rotatable bonds is 8. The zero-order chi connectivity index (χ0) is 32.3. The van der Waals surface area contributed by atoms with Gasteiger partial charge in [0.1, 0.15) is 17.2 Å². The molecule has 0 unspecified atom stereocenters. The summed E-state index contributed by atoms with van der Waals surface area (Å²) >= 11 is 3.38. The van der Waals surface area contributed by atoms with Gasteiger partial charge in [0, 0.05) is 34.8 Å². The first-order valence-corrected chi connectivity index (χ1v) is 16.0. The summed E-state index contributed by atoms with van der Waals surface area (Å²) in [7, 11) is 0. The second-order valence-electron chi connectivity index (χ2n) is 14.8. The Bertz CT molecular complexity index is 1300. The van der Waals surface area contributed by atoms with Crippen LogP contribution in [0.4, 0.5) is 10.5 Å². The molecule has 0 saturated carbocycles. The predicted molar refractivity (Wildman–Crippen MR) is 180 cm³/mol. The zero-order valence-electron chi connectivity index (χ0n) is 27.6. The molecule has 1 aliphatic rings. The maximum atomic E-state index is 13.8. The molecule has 7 nitrogen and oxygen atoms in total. The van der Waals surface area contributed by atoms with E-state index in [9.17, 15) is 14.7 Å². The molecular formula is C35H50BrN3O4. The number of carbonyl (C=O) groups excluding carboxylic acids is 2. The van der Waals surface area contributed by atoms with Crippen molar-refractivity contribution in [1.29, 1.82) is 0 Å². The number of nitrogens with zero attached hydrogens (tertiary/aromatic N) is 2. The molecule has 8 heteroatoms. The Balaban J connectivity index is 1.82. The lowest BCUT2D eigenvalue weighted by atomic mass is 9.78. The van der Waals surface area contributed by atoms with Gasteiger partial charge >= 0.3 is 6.09 Å². The number of carbonyl (C=O) groups is 2. The number of amidine groups is 1. The van der Waals surface area contributed by atoms with E-state index in [4.69, 9.17) is 4.74 Å². The fourth-order valence-corrected chi connectivity index (χ4v) is 6.22. The van der Waals surface area contributed by atoms with E-state index in [1.165, 1.54) is 0 Å². The van der Waals surface area contributed by atoms with Gasteiger partial charge in [-0.1, -0.05) is 67.0 Å². The van der Waals surface area contributed by atoms with Crippen LogP contribution in [0.5, 0.6) is 5.75 Å². The van der Waals surface area contributed by atoms with E-state index in [1.807, 2.05) is 57.2 Å². The van der Waals surface area contributed by atoms with Crippen molar-refractivity contribution in [3.63, 3.8) is 0 Å². The predicted octanol–water partition coefficient (Wildman–Crippen LogP) is 8.82. The van der Waals surface area contributed by atoms with Gasteiger partial charge in [0.15, 0.2) is 5.78 Å². The van der Waals surface area contributed by atoms with Gasteiger partial charge in [0.2, 0.25) is 0 Å². The Morgan fingerprint density at radius 3 is 2.02 bits per heavy atom. The van der Waals surface area contributed by atoms with Crippen LogP contribution in [0.2, 0.25) is 0 Å². The SMILES string of the molecule is CCC[C@H]1CN(CC(=O)c2cc(C(C)(C)C)c(O)c(C(C)(C)C)c2)/C(=N\Br)[C@@H]1Cc1ccc(NC(=O)OC(C)(C)C)cc1. The first-order valence-electron chi connectivity index (χ1n) is 15.3. The number of Topliss-reactive ketones (excluding diaryl/α,β-unsaturated/α-hetero) is 1. The van der Waals surface area contributed by atoms with Crippen molar-refractivity contribution in [2.75, 3.05) is 18.4 Å². The molecule has 1 amide bonds. The molecule has 43 heavy (non-hydrogen) atoms. The number of halogens is 1. The smallest absolute Gasteiger partial charge is 0.412 e. The number of amides is 1. The largest absolute Gasteiger partial charge is 0.507 e. The van der Waals surface area contributed by atoms with Gasteiger partial charge in [-0.05, 0) is 80.2 Å². The lowest BCUT2D eigenvalue weighted by molar-refractivity contribution is 0.0635. The number of ether oxygens (including phenoxy) is 1. The zero-order valence-corrected chi connectivity index (χ0v) is 29.2. The number of hydrogen-bond acceptors (Lipinski definition) is 5. The van der Waals surface area contributed by atoms with Crippen molar-refractivity contribution < 1.29 is 19.4 Å². The molecule has 1 saturated heterocycles. The minimum Gasteiger partial charge on any atom is -0.507 e. The summed E-state index contributed by atoms with van der Waals surface area (Å²) in [5.74, 6) is 1.66. The average Bonchev–Trinajstić information content (AvgIpc) is 3.18. The van der Waals surface area contributed by atoms with Crippen molar-refractivity contribution in [3.05, 3.63) is 58.7 Å². The van der Waals surface area contributed by atoms with Crippen molar-refractivity contribution in [3.8, 4) is 5.75 Å². The van der Waals surface area contributed by atoms with Crippen molar-refractivity contribution >= 4 is 39.5 Å². The second kappa shape index (κ2) is 13.4. The Morgan fingerprint density at radius 2 is 1.56 bits per heavy atom. The minimum atomic E-state index is -0.564. The summed E-state index contributed by atoms with van der Waals surface area (Å²) in [4.78, 5) is 28.1. The van der Waals surface area contributed by atoms with E-state index in [1.54, 1.807) is 0 Å². The molecule has 1 aliphatic heterocycles. The number of hydrogen-bond donors (Lipinski definition) is 2. The van der Waals surface area contributed by atoms with Gasteiger partial charge < -0.3 is 14.7 Å². The molecule has 2 atom stereocenters. The van der Waals surface area contributed by atoms with E-state index in [2.05, 4.69) is 78.8 Å².